The molecule has 7 nitrogen and oxygen atoms in total. The minimum atomic E-state index is -0.854. The first-order valence-electron chi connectivity index (χ1n) is 9.56. The van der Waals surface area contributed by atoms with E-state index >= 15 is 0 Å². The molecule has 0 fully saturated rings. The second kappa shape index (κ2) is 10.8. The van der Waals surface area contributed by atoms with Crippen molar-refractivity contribution in [3.05, 3.63) is 72.6 Å². The van der Waals surface area contributed by atoms with Crippen LogP contribution in [-0.2, 0) is 4.84 Å². The van der Waals surface area contributed by atoms with Crippen LogP contribution in [0.1, 0.15) is 25.7 Å². The van der Waals surface area contributed by atoms with Gasteiger partial charge in [-0.15, -0.1) is 0 Å². The molecule has 3 rings (SSSR count). The average molecular weight is 411 g/mol. The van der Waals surface area contributed by atoms with E-state index in [4.69, 9.17) is 16.3 Å². The maximum absolute atomic E-state index is 6.87. The van der Waals surface area contributed by atoms with Crippen LogP contribution < -0.4 is 16.9 Å². The lowest BCUT2D eigenvalue weighted by Gasteiger charge is -2.29. The van der Waals surface area contributed by atoms with Crippen molar-refractivity contribution >= 4 is 29.1 Å². The van der Waals surface area contributed by atoms with Gasteiger partial charge in [-0.2, -0.15) is 5.10 Å². The number of hydrogen-bond donors (Lipinski definition) is 3. The Hall–Kier alpha value is -2.68. The van der Waals surface area contributed by atoms with Gasteiger partial charge in [-0.05, 0) is 48.6 Å². The summed E-state index contributed by atoms with van der Waals surface area (Å²) in [4.78, 5) is 5.22. The fourth-order valence-electron chi connectivity index (χ4n) is 3.06. The molecule has 0 amide bonds. The topological polar surface area (TPSA) is 110 Å². The number of hydrogen-bond acceptors (Lipinski definition) is 8. The van der Waals surface area contributed by atoms with Crippen LogP contribution in [0.3, 0.4) is 0 Å². The molecule has 3 aliphatic heterocycles. The maximum Gasteiger partial charge on any atom is 0.122 e. The minimum absolute atomic E-state index is 0.136. The summed E-state index contributed by atoms with van der Waals surface area (Å²) in [6, 6.07) is -0.136. The zero-order valence-corrected chi connectivity index (χ0v) is 17.0. The van der Waals surface area contributed by atoms with E-state index in [1.165, 1.54) is 18.2 Å². The van der Waals surface area contributed by atoms with Crippen molar-refractivity contribution in [2.75, 3.05) is 0 Å². The molecule has 8 heteroatoms. The third kappa shape index (κ3) is 5.90. The number of rotatable bonds is 8. The first kappa shape index (κ1) is 21.0. The average Bonchev–Trinajstić information content (AvgIpc) is 3.27. The molecule has 0 aliphatic carbocycles. The highest BCUT2D eigenvalue weighted by atomic mass is 32.2. The Labute approximate surface area is 175 Å². The number of nitrogens with zero attached hydrogens (tertiary/aromatic N) is 3. The van der Waals surface area contributed by atoms with Crippen LogP contribution in [0.25, 0.3) is 0 Å². The van der Waals surface area contributed by atoms with Crippen molar-refractivity contribution in [3.8, 4) is 0 Å². The third-order valence-electron chi connectivity index (χ3n) is 4.68. The highest BCUT2D eigenvalue weighted by Crippen LogP contribution is 2.24. The van der Waals surface area contributed by atoms with E-state index in [0.29, 0.717) is 12.1 Å². The predicted molar refractivity (Wildman–Crippen MR) is 122 cm³/mol. The van der Waals surface area contributed by atoms with Crippen LogP contribution in [0.15, 0.2) is 87.2 Å². The van der Waals surface area contributed by atoms with E-state index in [9.17, 15) is 0 Å². The monoisotopic (exact) mass is 410 g/mol. The number of nitrogens with one attached hydrogen (secondary N) is 1. The van der Waals surface area contributed by atoms with Gasteiger partial charge in [-0.25, -0.2) is 4.40 Å². The van der Waals surface area contributed by atoms with Gasteiger partial charge in [-0.1, -0.05) is 42.3 Å². The van der Waals surface area contributed by atoms with E-state index < -0.39 is 5.54 Å². The molecule has 0 aromatic rings. The molecular formula is C21H26N6OS. The Kier molecular flexibility index (Phi) is 7.80. The fourth-order valence-corrected chi connectivity index (χ4v) is 3.62. The third-order valence-corrected chi connectivity index (χ3v) is 5.27. The smallest absolute Gasteiger partial charge is 0.122 e. The van der Waals surface area contributed by atoms with Gasteiger partial charge in [0.05, 0.1) is 11.4 Å². The van der Waals surface area contributed by atoms with Crippen LogP contribution in [0.2, 0.25) is 0 Å². The van der Waals surface area contributed by atoms with E-state index in [1.807, 2.05) is 54.0 Å². The number of hydrazone groups is 1. The molecule has 0 spiro atoms. The second-order valence-electron chi connectivity index (χ2n) is 6.75. The number of nitrogens with two attached hydrogens (primary N) is 2. The summed E-state index contributed by atoms with van der Waals surface area (Å²) in [7, 11) is 0. The summed E-state index contributed by atoms with van der Waals surface area (Å²) in [5.74, 6) is 0. The van der Waals surface area contributed by atoms with Crippen molar-refractivity contribution in [3.63, 3.8) is 0 Å². The Morgan fingerprint density at radius 1 is 1.03 bits per heavy atom. The van der Waals surface area contributed by atoms with Crippen molar-refractivity contribution in [1.82, 2.24) is 5.43 Å². The van der Waals surface area contributed by atoms with E-state index in [1.54, 1.807) is 12.3 Å². The lowest BCUT2D eigenvalue weighted by Crippen LogP contribution is -2.53. The molecule has 29 heavy (non-hydrogen) atoms. The molecule has 0 saturated carbocycles. The lowest BCUT2D eigenvalue weighted by atomic mass is 9.82. The Morgan fingerprint density at radius 2 is 1.86 bits per heavy atom. The first-order valence-corrected chi connectivity index (χ1v) is 10.4. The summed E-state index contributed by atoms with van der Waals surface area (Å²) >= 11 is 1.36. The molecule has 2 atom stereocenters. The van der Waals surface area contributed by atoms with Gasteiger partial charge < -0.3 is 16.3 Å². The highest BCUT2D eigenvalue weighted by molar-refractivity contribution is 8.01. The van der Waals surface area contributed by atoms with E-state index in [0.717, 1.165) is 30.7 Å². The summed E-state index contributed by atoms with van der Waals surface area (Å²) < 4.78 is 4.57. The highest BCUT2D eigenvalue weighted by Gasteiger charge is 2.35. The SMILES string of the molecule is NC(CCCCC(N)(C1=NOC=CC=C1)C1=NSC=CC=C1)C1=NNC=CC=C1. The van der Waals surface area contributed by atoms with Crippen molar-refractivity contribution in [2.24, 2.45) is 26.1 Å². The van der Waals surface area contributed by atoms with Gasteiger partial charge in [0.2, 0.25) is 0 Å². The molecule has 0 aromatic carbocycles. The molecule has 152 valence electrons. The van der Waals surface area contributed by atoms with Crippen LogP contribution in [0.4, 0.5) is 0 Å². The van der Waals surface area contributed by atoms with Crippen molar-refractivity contribution in [2.45, 2.75) is 37.3 Å². The van der Waals surface area contributed by atoms with Crippen LogP contribution in [0, 0.1) is 0 Å². The first-order chi connectivity index (χ1) is 14.2. The van der Waals surface area contributed by atoms with Gasteiger partial charge in [0.1, 0.15) is 17.5 Å². The Balaban J connectivity index is 1.65. The molecular weight excluding hydrogens is 384 g/mol. The standard InChI is InChI=1S/C21H26N6OS/c22-17(18-10-2-6-14-24-25-18)9-1-5-13-21(23,19-11-3-7-15-28-26-19)20-12-4-8-16-29-27-20/h2-4,6-8,10-12,14-17,24H,1,5,9,13,22-23H2. The molecule has 0 bridgehead atoms. The molecule has 0 radical (unpaired) electrons. The molecule has 0 aromatic heterocycles. The zero-order chi connectivity index (χ0) is 20.4. The van der Waals surface area contributed by atoms with E-state index in [-0.39, 0.29) is 6.04 Å². The summed E-state index contributed by atoms with van der Waals surface area (Å²) in [6.45, 7) is 0. The van der Waals surface area contributed by atoms with Crippen molar-refractivity contribution < 1.29 is 4.84 Å². The minimum Gasteiger partial charge on any atom is -0.365 e. The number of oxime groups is 1. The molecule has 3 aliphatic rings. The normalized spacial score (nSPS) is 21.0. The van der Waals surface area contributed by atoms with Crippen molar-refractivity contribution in [1.29, 1.82) is 0 Å². The van der Waals surface area contributed by atoms with Gasteiger partial charge in [-0.3, -0.25) is 5.43 Å². The Bertz CT molecular complexity index is 807. The quantitative estimate of drug-likeness (QED) is 0.420. The van der Waals surface area contributed by atoms with Gasteiger partial charge in [0.25, 0.3) is 0 Å². The zero-order valence-electron chi connectivity index (χ0n) is 16.1. The number of allylic oxidation sites excluding steroid dienone is 6. The fraction of sp³-hybridized carbons (Fsp3) is 0.286. The molecule has 0 saturated heterocycles. The largest absolute Gasteiger partial charge is 0.365 e. The summed E-state index contributed by atoms with van der Waals surface area (Å²) in [5.41, 5.74) is 17.4. The van der Waals surface area contributed by atoms with Crippen LogP contribution >= 0.6 is 11.9 Å². The second-order valence-corrected chi connectivity index (χ2v) is 7.41. The van der Waals surface area contributed by atoms with Gasteiger partial charge in [0, 0.05) is 24.2 Å². The van der Waals surface area contributed by atoms with E-state index in [2.05, 4.69) is 20.1 Å². The molecule has 5 N–H and O–H groups in total. The number of unbranched alkanes of at least 4 members (excludes halogenated alkanes) is 1. The maximum atomic E-state index is 6.87. The van der Waals surface area contributed by atoms with Crippen LogP contribution in [-0.4, -0.2) is 28.7 Å². The summed E-state index contributed by atoms with van der Waals surface area (Å²) in [6.07, 6.45) is 23.6. The lowest BCUT2D eigenvalue weighted by molar-refractivity contribution is 0.266. The summed E-state index contributed by atoms with van der Waals surface area (Å²) in [5, 5.41) is 10.4. The Morgan fingerprint density at radius 3 is 2.79 bits per heavy atom. The van der Waals surface area contributed by atoms with Crippen LogP contribution in [0.5, 0.6) is 0 Å². The molecule has 2 unspecified atom stereocenters. The van der Waals surface area contributed by atoms with Gasteiger partial charge in [0.15, 0.2) is 0 Å². The van der Waals surface area contributed by atoms with Gasteiger partial charge >= 0.3 is 0 Å². The molecule has 3 heterocycles. The predicted octanol–water partition coefficient (Wildman–Crippen LogP) is 3.23.